The molecule has 0 spiro atoms. The van der Waals surface area contributed by atoms with Gasteiger partial charge in [0, 0.05) is 11.4 Å². The number of rotatable bonds is 8. The number of ether oxygens (including phenoxy) is 1. The summed E-state index contributed by atoms with van der Waals surface area (Å²) in [6.07, 6.45) is 4.12. The largest absolute Gasteiger partial charge is 0.482 e. The van der Waals surface area contributed by atoms with E-state index in [0.717, 1.165) is 17.7 Å². The maximum atomic E-state index is 11.6. The molecule has 0 unspecified atom stereocenters. The van der Waals surface area contributed by atoms with Gasteiger partial charge in [0.2, 0.25) is 0 Å². The summed E-state index contributed by atoms with van der Waals surface area (Å²) < 4.78 is 5.36. The standard InChI is InChI=1S/C14H19NO4S/c1-2-3-10-6-11(13(20-10)14(17)18)19-8-12(16)15-7-9-4-5-9/h6,9H,2-5,7-8H2,1H3,(H,15,16)(H,17,18). The summed E-state index contributed by atoms with van der Waals surface area (Å²) in [4.78, 5) is 23.9. The summed E-state index contributed by atoms with van der Waals surface area (Å²) >= 11 is 1.22. The molecule has 1 aromatic rings. The van der Waals surface area contributed by atoms with Gasteiger partial charge < -0.3 is 15.2 Å². The molecule has 110 valence electrons. The van der Waals surface area contributed by atoms with Crippen molar-refractivity contribution >= 4 is 23.2 Å². The van der Waals surface area contributed by atoms with Crippen LogP contribution in [-0.4, -0.2) is 30.1 Å². The molecule has 1 saturated carbocycles. The zero-order valence-electron chi connectivity index (χ0n) is 11.5. The first-order valence-corrected chi connectivity index (χ1v) is 7.67. The highest BCUT2D eigenvalue weighted by Gasteiger charge is 2.22. The van der Waals surface area contributed by atoms with E-state index in [1.54, 1.807) is 6.07 Å². The molecule has 0 aliphatic heterocycles. The molecule has 0 atom stereocenters. The van der Waals surface area contributed by atoms with Gasteiger partial charge in [0.1, 0.15) is 5.75 Å². The summed E-state index contributed by atoms with van der Waals surface area (Å²) in [7, 11) is 0. The van der Waals surface area contributed by atoms with Gasteiger partial charge in [0.05, 0.1) is 0 Å². The minimum absolute atomic E-state index is 0.130. The third kappa shape index (κ3) is 4.23. The van der Waals surface area contributed by atoms with E-state index in [1.807, 2.05) is 6.92 Å². The maximum Gasteiger partial charge on any atom is 0.349 e. The van der Waals surface area contributed by atoms with E-state index in [1.165, 1.54) is 24.2 Å². The van der Waals surface area contributed by atoms with Crippen LogP contribution < -0.4 is 10.1 Å². The van der Waals surface area contributed by atoms with E-state index in [-0.39, 0.29) is 17.4 Å². The van der Waals surface area contributed by atoms with Gasteiger partial charge in [-0.3, -0.25) is 4.79 Å². The van der Waals surface area contributed by atoms with Gasteiger partial charge in [-0.1, -0.05) is 13.3 Å². The molecule has 5 nitrogen and oxygen atoms in total. The Morgan fingerprint density at radius 1 is 1.50 bits per heavy atom. The number of thiophene rings is 1. The minimum Gasteiger partial charge on any atom is -0.482 e. The fourth-order valence-corrected chi connectivity index (χ4v) is 2.86. The number of aryl methyl sites for hydroxylation is 1. The molecule has 2 rings (SSSR count). The van der Waals surface area contributed by atoms with E-state index in [9.17, 15) is 9.59 Å². The number of carboxylic acids is 1. The average Bonchev–Trinajstić information content (AvgIpc) is 3.14. The SMILES string of the molecule is CCCc1cc(OCC(=O)NCC2CC2)c(C(=O)O)s1. The number of amides is 1. The molecule has 0 bridgehead atoms. The molecule has 1 aliphatic carbocycles. The molecule has 2 N–H and O–H groups in total. The van der Waals surface area contributed by atoms with Crippen molar-refractivity contribution in [3.63, 3.8) is 0 Å². The molecule has 0 saturated heterocycles. The van der Waals surface area contributed by atoms with Crippen molar-refractivity contribution in [2.45, 2.75) is 32.6 Å². The summed E-state index contributed by atoms with van der Waals surface area (Å²) in [6.45, 7) is 2.60. The van der Waals surface area contributed by atoms with Gasteiger partial charge in [-0.25, -0.2) is 4.79 Å². The second-order valence-corrected chi connectivity index (χ2v) is 6.13. The van der Waals surface area contributed by atoms with Gasteiger partial charge in [-0.15, -0.1) is 11.3 Å². The maximum absolute atomic E-state index is 11.6. The summed E-state index contributed by atoms with van der Waals surface area (Å²) in [6, 6.07) is 1.73. The first-order valence-electron chi connectivity index (χ1n) is 6.85. The summed E-state index contributed by atoms with van der Waals surface area (Å²) in [5.41, 5.74) is 0. The lowest BCUT2D eigenvalue weighted by Crippen LogP contribution is -2.30. The van der Waals surface area contributed by atoms with Crippen LogP contribution in [0.25, 0.3) is 0 Å². The number of carbonyl (C=O) groups excluding carboxylic acids is 1. The van der Waals surface area contributed by atoms with Crippen LogP contribution in [0.4, 0.5) is 0 Å². The molecule has 1 fully saturated rings. The second kappa shape index (κ2) is 6.74. The predicted molar refractivity (Wildman–Crippen MR) is 76.5 cm³/mol. The van der Waals surface area contributed by atoms with Crippen LogP contribution in [0.2, 0.25) is 0 Å². The number of nitrogens with one attached hydrogen (secondary N) is 1. The molecule has 1 aromatic heterocycles. The third-order valence-electron chi connectivity index (χ3n) is 3.08. The monoisotopic (exact) mass is 297 g/mol. The van der Waals surface area contributed by atoms with Gasteiger partial charge in [-0.05, 0) is 31.2 Å². The van der Waals surface area contributed by atoms with Gasteiger partial charge in [-0.2, -0.15) is 0 Å². The van der Waals surface area contributed by atoms with Crippen molar-refractivity contribution in [2.75, 3.05) is 13.2 Å². The van der Waals surface area contributed by atoms with E-state index in [0.29, 0.717) is 18.2 Å². The normalized spacial score (nSPS) is 14.1. The first kappa shape index (κ1) is 14.8. The van der Waals surface area contributed by atoms with Crippen LogP contribution in [0, 0.1) is 5.92 Å². The Labute approximate surface area is 121 Å². The van der Waals surface area contributed by atoms with Gasteiger partial charge in [0.15, 0.2) is 11.5 Å². The Morgan fingerprint density at radius 3 is 2.85 bits per heavy atom. The lowest BCUT2D eigenvalue weighted by Gasteiger charge is -2.06. The van der Waals surface area contributed by atoms with Crippen LogP contribution in [-0.2, 0) is 11.2 Å². The zero-order valence-corrected chi connectivity index (χ0v) is 12.3. The second-order valence-electron chi connectivity index (χ2n) is 5.00. The van der Waals surface area contributed by atoms with Crippen LogP contribution >= 0.6 is 11.3 Å². The Balaban J connectivity index is 1.89. The number of carboxylic acid groups (broad SMARTS) is 1. The van der Waals surface area contributed by atoms with Crippen molar-refractivity contribution in [3.05, 3.63) is 15.8 Å². The molecule has 1 heterocycles. The van der Waals surface area contributed by atoms with Crippen molar-refractivity contribution in [2.24, 2.45) is 5.92 Å². The average molecular weight is 297 g/mol. The van der Waals surface area contributed by atoms with Crippen molar-refractivity contribution in [1.82, 2.24) is 5.32 Å². The summed E-state index contributed by atoms with van der Waals surface area (Å²) in [5, 5.41) is 11.9. The van der Waals surface area contributed by atoms with E-state index < -0.39 is 5.97 Å². The Kier molecular flexibility index (Phi) is 5.00. The lowest BCUT2D eigenvalue weighted by atomic mass is 10.3. The van der Waals surface area contributed by atoms with Crippen LogP contribution in [0.15, 0.2) is 6.07 Å². The molecule has 1 amide bonds. The first-order chi connectivity index (χ1) is 9.60. The highest BCUT2D eigenvalue weighted by molar-refractivity contribution is 7.14. The molecule has 0 aromatic carbocycles. The molecule has 0 radical (unpaired) electrons. The summed E-state index contributed by atoms with van der Waals surface area (Å²) in [5.74, 6) is -0.291. The fraction of sp³-hybridized carbons (Fsp3) is 0.571. The fourth-order valence-electron chi connectivity index (χ4n) is 1.82. The Bertz CT molecular complexity index is 493. The Hall–Kier alpha value is -1.56. The number of carbonyl (C=O) groups is 2. The number of hydrogen-bond donors (Lipinski definition) is 2. The Morgan fingerprint density at radius 2 is 2.25 bits per heavy atom. The predicted octanol–water partition coefficient (Wildman–Crippen LogP) is 2.30. The lowest BCUT2D eigenvalue weighted by molar-refractivity contribution is -0.123. The zero-order chi connectivity index (χ0) is 14.5. The van der Waals surface area contributed by atoms with Gasteiger partial charge >= 0.3 is 5.97 Å². The molecule has 20 heavy (non-hydrogen) atoms. The van der Waals surface area contributed by atoms with Crippen LogP contribution in [0.5, 0.6) is 5.75 Å². The minimum atomic E-state index is -1.01. The smallest absolute Gasteiger partial charge is 0.349 e. The number of hydrogen-bond acceptors (Lipinski definition) is 4. The van der Waals surface area contributed by atoms with Crippen LogP contribution in [0.3, 0.4) is 0 Å². The van der Waals surface area contributed by atoms with E-state index in [2.05, 4.69) is 5.32 Å². The molecule has 6 heteroatoms. The van der Waals surface area contributed by atoms with Gasteiger partial charge in [0.25, 0.3) is 5.91 Å². The topological polar surface area (TPSA) is 75.6 Å². The highest BCUT2D eigenvalue weighted by Crippen LogP contribution is 2.30. The van der Waals surface area contributed by atoms with Crippen molar-refractivity contribution in [3.8, 4) is 5.75 Å². The highest BCUT2D eigenvalue weighted by atomic mass is 32.1. The molecular weight excluding hydrogens is 278 g/mol. The quantitative estimate of drug-likeness (QED) is 0.772. The van der Waals surface area contributed by atoms with Crippen molar-refractivity contribution in [1.29, 1.82) is 0 Å². The molecular formula is C14H19NO4S. The third-order valence-corrected chi connectivity index (χ3v) is 4.25. The molecule has 1 aliphatic rings. The van der Waals surface area contributed by atoms with E-state index in [4.69, 9.17) is 9.84 Å². The number of aromatic carboxylic acids is 1. The van der Waals surface area contributed by atoms with Crippen molar-refractivity contribution < 1.29 is 19.4 Å². The van der Waals surface area contributed by atoms with E-state index >= 15 is 0 Å². The van der Waals surface area contributed by atoms with Crippen LogP contribution in [0.1, 0.15) is 40.7 Å².